The molecule has 0 heterocycles. The van der Waals surface area contributed by atoms with Gasteiger partial charge in [-0.25, -0.2) is 0 Å². The molecule has 0 fully saturated rings. The van der Waals surface area contributed by atoms with Crippen molar-refractivity contribution in [2.45, 2.75) is 59.2 Å². The summed E-state index contributed by atoms with van der Waals surface area (Å²) in [7, 11) is 0. The Morgan fingerprint density at radius 3 is 2.43 bits per heavy atom. The van der Waals surface area contributed by atoms with E-state index < -0.39 is 6.04 Å². The number of hydrogen-bond donors (Lipinski definition) is 2. The molecule has 4 nitrogen and oxygen atoms in total. The summed E-state index contributed by atoms with van der Waals surface area (Å²) in [6.07, 6.45) is 0.979. The van der Waals surface area contributed by atoms with Crippen molar-refractivity contribution >= 4 is 5.91 Å². The maximum atomic E-state index is 12.2. The van der Waals surface area contributed by atoms with E-state index in [0.717, 1.165) is 17.7 Å². The lowest BCUT2D eigenvalue weighted by Gasteiger charge is -2.23. The summed E-state index contributed by atoms with van der Waals surface area (Å²) in [5, 5.41) is 2.98. The van der Waals surface area contributed by atoms with E-state index in [2.05, 4.69) is 5.32 Å². The molecule has 3 unspecified atom stereocenters. The molecule has 1 rings (SSSR count). The van der Waals surface area contributed by atoms with Crippen LogP contribution in [0.25, 0.3) is 0 Å². The zero-order valence-electron chi connectivity index (χ0n) is 13.7. The van der Waals surface area contributed by atoms with Gasteiger partial charge in [0.1, 0.15) is 5.75 Å². The first kappa shape index (κ1) is 17.5. The van der Waals surface area contributed by atoms with Crippen molar-refractivity contribution in [2.75, 3.05) is 0 Å². The van der Waals surface area contributed by atoms with E-state index in [1.54, 1.807) is 0 Å². The SMILES string of the molecule is CCC(C)C(N)C(=O)NC(C)c1ccccc1OC(C)C. The van der Waals surface area contributed by atoms with Crippen LogP contribution in [0.5, 0.6) is 5.75 Å². The lowest BCUT2D eigenvalue weighted by molar-refractivity contribution is -0.124. The van der Waals surface area contributed by atoms with Crippen molar-refractivity contribution in [3.8, 4) is 5.75 Å². The van der Waals surface area contributed by atoms with Crippen molar-refractivity contribution in [3.05, 3.63) is 29.8 Å². The average molecular weight is 292 g/mol. The Morgan fingerprint density at radius 1 is 1.24 bits per heavy atom. The largest absolute Gasteiger partial charge is 0.491 e. The van der Waals surface area contributed by atoms with E-state index in [9.17, 15) is 4.79 Å². The number of hydrogen-bond acceptors (Lipinski definition) is 3. The Kier molecular flexibility index (Phi) is 6.69. The summed E-state index contributed by atoms with van der Waals surface area (Å²) in [6, 6.07) is 7.16. The highest BCUT2D eigenvalue weighted by atomic mass is 16.5. The molecule has 0 aromatic heterocycles. The van der Waals surface area contributed by atoms with E-state index in [0.29, 0.717) is 0 Å². The minimum absolute atomic E-state index is 0.0939. The molecule has 0 saturated heterocycles. The molecule has 0 spiro atoms. The van der Waals surface area contributed by atoms with Gasteiger partial charge in [0.05, 0.1) is 18.2 Å². The Hall–Kier alpha value is -1.55. The fourth-order valence-electron chi connectivity index (χ4n) is 2.10. The average Bonchev–Trinajstić information content (AvgIpc) is 2.45. The van der Waals surface area contributed by atoms with E-state index in [1.807, 2.05) is 58.9 Å². The maximum Gasteiger partial charge on any atom is 0.237 e. The van der Waals surface area contributed by atoms with Gasteiger partial charge in [0.25, 0.3) is 0 Å². The summed E-state index contributed by atoms with van der Waals surface area (Å²) < 4.78 is 5.79. The molecule has 1 aromatic rings. The van der Waals surface area contributed by atoms with Crippen molar-refractivity contribution in [3.63, 3.8) is 0 Å². The van der Waals surface area contributed by atoms with Crippen LogP contribution < -0.4 is 15.8 Å². The highest BCUT2D eigenvalue weighted by molar-refractivity contribution is 5.82. The highest BCUT2D eigenvalue weighted by Crippen LogP contribution is 2.26. The molecule has 0 saturated carbocycles. The van der Waals surface area contributed by atoms with Gasteiger partial charge >= 0.3 is 0 Å². The highest BCUT2D eigenvalue weighted by Gasteiger charge is 2.22. The van der Waals surface area contributed by atoms with Gasteiger partial charge in [0.15, 0.2) is 0 Å². The molecule has 4 heteroatoms. The third-order valence-corrected chi connectivity index (χ3v) is 3.67. The second kappa shape index (κ2) is 8.03. The summed E-state index contributed by atoms with van der Waals surface area (Å²) in [6.45, 7) is 9.94. The number of carbonyl (C=O) groups excluding carboxylic acids is 1. The molecular formula is C17H28N2O2. The van der Waals surface area contributed by atoms with E-state index in [-0.39, 0.29) is 24.0 Å². The van der Waals surface area contributed by atoms with Crippen molar-refractivity contribution < 1.29 is 9.53 Å². The number of nitrogens with one attached hydrogen (secondary N) is 1. The molecule has 118 valence electrons. The molecule has 21 heavy (non-hydrogen) atoms. The van der Waals surface area contributed by atoms with Crippen LogP contribution in [-0.4, -0.2) is 18.1 Å². The van der Waals surface area contributed by atoms with Crippen LogP contribution in [-0.2, 0) is 4.79 Å². The number of rotatable bonds is 7. The topological polar surface area (TPSA) is 64.4 Å². The number of carbonyl (C=O) groups is 1. The van der Waals surface area contributed by atoms with Gasteiger partial charge < -0.3 is 15.8 Å². The van der Waals surface area contributed by atoms with E-state index >= 15 is 0 Å². The fraction of sp³-hybridized carbons (Fsp3) is 0.588. The number of nitrogens with two attached hydrogens (primary N) is 1. The van der Waals surface area contributed by atoms with Gasteiger partial charge in [-0.2, -0.15) is 0 Å². The Bertz CT molecular complexity index is 460. The first-order valence-electron chi connectivity index (χ1n) is 7.68. The van der Waals surface area contributed by atoms with Gasteiger partial charge in [-0.1, -0.05) is 38.5 Å². The Morgan fingerprint density at radius 2 is 1.86 bits per heavy atom. The Labute approximate surface area is 128 Å². The monoisotopic (exact) mass is 292 g/mol. The van der Waals surface area contributed by atoms with Crippen molar-refractivity contribution in [1.82, 2.24) is 5.32 Å². The van der Waals surface area contributed by atoms with E-state index in [4.69, 9.17) is 10.5 Å². The summed E-state index contributed by atoms with van der Waals surface area (Å²) in [5.74, 6) is 0.855. The smallest absolute Gasteiger partial charge is 0.237 e. The zero-order valence-corrected chi connectivity index (χ0v) is 13.7. The zero-order chi connectivity index (χ0) is 16.0. The molecule has 3 N–H and O–H groups in total. The molecule has 0 aliphatic heterocycles. The predicted octanol–water partition coefficient (Wildman–Crippen LogP) is 3.02. The minimum Gasteiger partial charge on any atom is -0.491 e. The molecule has 0 aliphatic rings. The van der Waals surface area contributed by atoms with Crippen LogP contribution in [0, 0.1) is 5.92 Å². The van der Waals surface area contributed by atoms with Crippen LogP contribution >= 0.6 is 0 Å². The number of ether oxygens (including phenoxy) is 1. The molecule has 0 aliphatic carbocycles. The molecule has 1 amide bonds. The first-order valence-corrected chi connectivity index (χ1v) is 7.68. The van der Waals surface area contributed by atoms with Crippen molar-refractivity contribution in [2.24, 2.45) is 11.7 Å². The quantitative estimate of drug-likeness (QED) is 0.812. The van der Waals surface area contributed by atoms with Crippen molar-refractivity contribution in [1.29, 1.82) is 0 Å². The van der Waals surface area contributed by atoms with Crippen LogP contribution in [0.15, 0.2) is 24.3 Å². The normalized spacial score (nSPS) is 15.4. The van der Waals surface area contributed by atoms with Crippen LogP contribution in [0.1, 0.15) is 52.6 Å². The van der Waals surface area contributed by atoms with Gasteiger partial charge in [-0.3, -0.25) is 4.79 Å². The van der Waals surface area contributed by atoms with Gasteiger partial charge in [0, 0.05) is 5.56 Å². The second-order valence-corrected chi connectivity index (χ2v) is 5.85. The molecule has 1 aromatic carbocycles. The first-order chi connectivity index (χ1) is 9.86. The number of amides is 1. The molecular weight excluding hydrogens is 264 g/mol. The molecule has 0 bridgehead atoms. The minimum atomic E-state index is -0.476. The second-order valence-electron chi connectivity index (χ2n) is 5.85. The number of benzene rings is 1. The van der Waals surface area contributed by atoms with E-state index in [1.165, 1.54) is 0 Å². The lowest BCUT2D eigenvalue weighted by atomic mass is 9.98. The lowest BCUT2D eigenvalue weighted by Crippen LogP contribution is -2.45. The maximum absolute atomic E-state index is 12.2. The summed E-state index contributed by atoms with van der Waals surface area (Å²) >= 11 is 0. The van der Waals surface area contributed by atoms with Crippen LogP contribution in [0.2, 0.25) is 0 Å². The third kappa shape index (κ3) is 5.05. The number of para-hydroxylation sites is 1. The van der Waals surface area contributed by atoms with Gasteiger partial charge in [-0.05, 0) is 32.8 Å². The van der Waals surface area contributed by atoms with Crippen LogP contribution in [0.4, 0.5) is 0 Å². The fourth-order valence-corrected chi connectivity index (χ4v) is 2.10. The summed E-state index contributed by atoms with van der Waals surface area (Å²) in [5.41, 5.74) is 6.94. The summed E-state index contributed by atoms with van der Waals surface area (Å²) in [4.78, 5) is 12.2. The van der Waals surface area contributed by atoms with Gasteiger partial charge in [-0.15, -0.1) is 0 Å². The third-order valence-electron chi connectivity index (χ3n) is 3.67. The van der Waals surface area contributed by atoms with Crippen LogP contribution in [0.3, 0.4) is 0 Å². The molecule has 0 radical (unpaired) electrons. The molecule has 3 atom stereocenters. The van der Waals surface area contributed by atoms with Gasteiger partial charge in [0.2, 0.25) is 5.91 Å². The standard InChI is InChI=1S/C17H28N2O2/c1-6-12(4)16(18)17(20)19-13(5)14-9-7-8-10-15(14)21-11(2)3/h7-13,16H,6,18H2,1-5H3,(H,19,20). The Balaban J connectivity index is 2.80. The predicted molar refractivity (Wildman–Crippen MR) is 86.2 cm³/mol.